The van der Waals surface area contributed by atoms with E-state index in [0.717, 1.165) is 24.8 Å². The van der Waals surface area contributed by atoms with Gasteiger partial charge in [0.1, 0.15) is 5.69 Å². The molecule has 4 rings (SSSR count). The summed E-state index contributed by atoms with van der Waals surface area (Å²) in [5.41, 5.74) is 1.92. The zero-order chi connectivity index (χ0) is 20.4. The summed E-state index contributed by atoms with van der Waals surface area (Å²) in [5, 5.41) is 12.7. The van der Waals surface area contributed by atoms with E-state index in [4.69, 9.17) is 0 Å². The van der Waals surface area contributed by atoms with Crippen LogP contribution < -0.4 is 5.32 Å². The molecule has 2 aromatic rings. The predicted octanol–water partition coefficient (Wildman–Crippen LogP) is 1.88. The molecule has 1 saturated carbocycles. The van der Waals surface area contributed by atoms with Crippen molar-refractivity contribution in [2.45, 2.75) is 32.2 Å². The van der Waals surface area contributed by atoms with E-state index in [1.165, 1.54) is 6.20 Å². The first-order chi connectivity index (χ1) is 14.0. The number of nitrogens with zero attached hydrogens (tertiary/aromatic N) is 3. The number of rotatable bonds is 5. The van der Waals surface area contributed by atoms with Crippen molar-refractivity contribution in [2.75, 3.05) is 19.7 Å². The highest BCUT2D eigenvalue weighted by atomic mass is 16.3. The normalized spacial score (nSPS) is 20.9. The van der Waals surface area contributed by atoms with Crippen LogP contribution in [0.15, 0.2) is 42.7 Å². The number of carbonyl (C=O) groups is 2. The largest absolute Gasteiger partial charge is 0.394 e. The molecule has 29 heavy (non-hydrogen) atoms. The number of aliphatic hydroxyl groups is 1. The minimum atomic E-state index is -0.386. The monoisotopic (exact) mass is 394 g/mol. The van der Waals surface area contributed by atoms with E-state index in [9.17, 15) is 14.7 Å². The Morgan fingerprint density at radius 3 is 2.55 bits per heavy atom. The minimum absolute atomic E-state index is 0.00236. The summed E-state index contributed by atoms with van der Waals surface area (Å²) in [6.45, 7) is 2.91. The molecule has 1 aromatic heterocycles. The van der Waals surface area contributed by atoms with Gasteiger partial charge in [-0.05, 0) is 37.2 Å². The molecule has 2 heterocycles. The van der Waals surface area contributed by atoms with Gasteiger partial charge >= 0.3 is 0 Å². The van der Waals surface area contributed by atoms with Crippen LogP contribution in [0.5, 0.6) is 0 Å². The van der Waals surface area contributed by atoms with Crippen LogP contribution in [0.25, 0.3) is 0 Å². The van der Waals surface area contributed by atoms with Gasteiger partial charge in [0.25, 0.3) is 5.91 Å². The van der Waals surface area contributed by atoms with Crippen molar-refractivity contribution in [3.8, 4) is 0 Å². The van der Waals surface area contributed by atoms with Crippen LogP contribution in [0.3, 0.4) is 0 Å². The summed E-state index contributed by atoms with van der Waals surface area (Å²) >= 11 is 0. The number of aromatic nitrogens is 2. The van der Waals surface area contributed by atoms with E-state index in [1.807, 2.05) is 35.2 Å². The highest BCUT2D eigenvalue weighted by Gasteiger charge is 2.59. The van der Waals surface area contributed by atoms with Crippen LogP contribution in [0.4, 0.5) is 0 Å². The van der Waals surface area contributed by atoms with Crippen molar-refractivity contribution in [2.24, 2.45) is 11.3 Å². The van der Waals surface area contributed by atoms with Gasteiger partial charge in [-0.15, -0.1) is 0 Å². The topological polar surface area (TPSA) is 95.4 Å². The molecule has 7 nitrogen and oxygen atoms in total. The van der Waals surface area contributed by atoms with Crippen LogP contribution in [0.1, 0.15) is 47.1 Å². The maximum absolute atomic E-state index is 12.8. The fraction of sp³-hybridized carbons (Fsp3) is 0.455. The highest BCUT2D eigenvalue weighted by Crippen LogP contribution is 2.59. The summed E-state index contributed by atoms with van der Waals surface area (Å²) in [5.74, 6) is -0.134. The molecule has 2 N–H and O–H groups in total. The van der Waals surface area contributed by atoms with Crippen molar-refractivity contribution in [3.05, 3.63) is 59.7 Å². The number of aliphatic hydroxyl groups excluding tert-OH is 1. The zero-order valence-electron chi connectivity index (χ0n) is 16.5. The second kappa shape index (κ2) is 7.91. The second-order valence-electron chi connectivity index (χ2n) is 8.06. The lowest BCUT2D eigenvalue weighted by Crippen LogP contribution is -2.41. The number of carbonyl (C=O) groups excluding carboxylic acids is 2. The van der Waals surface area contributed by atoms with E-state index in [-0.39, 0.29) is 35.8 Å². The van der Waals surface area contributed by atoms with Crippen LogP contribution in [0, 0.1) is 18.3 Å². The van der Waals surface area contributed by atoms with Gasteiger partial charge in [-0.3, -0.25) is 14.6 Å². The quantitative estimate of drug-likeness (QED) is 0.807. The maximum Gasteiger partial charge on any atom is 0.274 e. The average molecular weight is 394 g/mol. The molecule has 2 atom stereocenters. The van der Waals surface area contributed by atoms with Crippen LogP contribution in [-0.2, 0) is 4.79 Å². The molecule has 1 aliphatic heterocycles. The lowest BCUT2D eigenvalue weighted by molar-refractivity contribution is -0.124. The smallest absolute Gasteiger partial charge is 0.274 e. The summed E-state index contributed by atoms with van der Waals surface area (Å²) in [4.78, 5) is 35.6. The fourth-order valence-corrected chi connectivity index (χ4v) is 4.39. The molecule has 1 aromatic carbocycles. The van der Waals surface area contributed by atoms with E-state index >= 15 is 0 Å². The molecular formula is C22H26N4O3. The lowest BCUT2D eigenvalue weighted by Gasteiger charge is -2.33. The van der Waals surface area contributed by atoms with Gasteiger partial charge in [0.2, 0.25) is 5.91 Å². The molecule has 2 fully saturated rings. The molecule has 7 heteroatoms. The number of hydrogen-bond acceptors (Lipinski definition) is 5. The lowest BCUT2D eigenvalue weighted by atomic mass is 9.90. The van der Waals surface area contributed by atoms with Gasteiger partial charge in [0.05, 0.1) is 18.3 Å². The van der Waals surface area contributed by atoms with Crippen molar-refractivity contribution >= 4 is 11.8 Å². The number of hydrogen-bond donors (Lipinski definition) is 2. The summed E-state index contributed by atoms with van der Waals surface area (Å²) in [7, 11) is 0. The van der Waals surface area contributed by atoms with E-state index in [0.29, 0.717) is 24.5 Å². The number of amides is 2. The fourth-order valence-electron chi connectivity index (χ4n) is 4.39. The predicted molar refractivity (Wildman–Crippen MR) is 107 cm³/mol. The Labute approximate surface area is 170 Å². The van der Waals surface area contributed by atoms with E-state index in [2.05, 4.69) is 15.3 Å². The highest BCUT2D eigenvalue weighted by molar-refractivity contribution is 5.93. The van der Waals surface area contributed by atoms with E-state index in [1.54, 1.807) is 13.1 Å². The van der Waals surface area contributed by atoms with Gasteiger partial charge in [-0.25, -0.2) is 4.98 Å². The number of likely N-dealkylation sites (tertiary alicyclic amines) is 1. The standard InChI is InChI=1S/C22H26N4O3/c1-15-19(24-10-9-23-15)21(29)26-11-7-22(8-12-26)13-17(22)20(28)25-18(14-27)16-5-3-2-4-6-16/h2-6,9-10,17-18,27H,7-8,11-14H2,1H3,(H,25,28)/t17?,18-/m0/s1. The Morgan fingerprint density at radius 2 is 1.90 bits per heavy atom. The van der Waals surface area contributed by atoms with Crippen LogP contribution in [-0.4, -0.2) is 51.5 Å². The molecule has 1 spiro atoms. The minimum Gasteiger partial charge on any atom is -0.394 e. The van der Waals surface area contributed by atoms with Crippen LogP contribution in [0.2, 0.25) is 0 Å². The second-order valence-corrected chi connectivity index (χ2v) is 8.06. The first-order valence-electron chi connectivity index (χ1n) is 10.1. The van der Waals surface area contributed by atoms with Gasteiger partial charge < -0.3 is 15.3 Å². The molecule has 152 valence electrons. The molecule has 2 aliphatic rings. The third-order valence-electron chi connectivity index (χ3n) is 6.34. The molecule has 1 aliphatic carbocycles. The van der Waals surface area contributed by atoms with E-state index < -0.39 is 0 Å². The Kier molecular flexibility index (Phi) is 5.32. The Morgan fingerprint density at radius 1 is 1.21 bits per heavy atom. The first-order valence-corrected chi connectivity index (χ1v) is 10.1. The van der Waals surface area contributed by atoms with Crippen molar-refractivity contribution in [3.63, 3.8) is 0 Å². The van der Waals surface area contributed by atoms with Gasteiger partial charge in [-0.1, -0.05) is 30.3 Å². The molecule has 0 bridgehead atoms. The van der Waals surface area contributed by atoms with Crippen molar-refractivity contribution in [1.29, 1.82) is 0 Å². The van der Waals surface area contributed by atoms with Crippen molar-refractivity contribution in [1.82, 2.24) is 20.2 Å². The average Bonchev–Trinajstić information content (AvgIpc) is 3.46. The zero-order valence-corrected chi connectivity index (χ0v) is 16.5. The Bertz CT molecular complexity index is 894. The molecule has 0 radical (unpaired) electrons. The van der Waals surface area contributed by atoms with Gasteiger partial charge in [0.15, 0.2) is 0 Å². The Hall–Kier alpha value is -2.80. The van der Waals surface area contributed by atoms with Crippen molar-refractivity contribution < 1.29 is 14.7 Å². The van der Waals surface area contributed by atoms with Gasteiger partial charge in [0, 0.05) is 31.4 Å². The SMILES string of the molecule is Cc1nccnc1C(=O)N1CCC2(CC1)CC2C(=O)N[C@@H](CO)c1ccccc1. The number of benzene rings is 1. The summed E-state index contributed by atoms with van der Waals surface area (Å²) in [6.07, 6.45) is 5.59. The number of piperidine rings is 1. The number of nitrogens with one attached hydrogen (secondary N) is 1. The molecule has 1 unspecified atom stereocenters. The molecular weight excluding hydrogens is 368 g/mol. The van der Waals surface area contributed by atoms with Gasteiger partial charge in [-0.2, -0.15) is 0 Å². The first kappa shape index (κ1) is 19.5. The summed E-state index contributed by atoms with van der Waals surface area (Å²) in [6, 6.07) is 9.13. The molecule has 2 amide bonds. The van der Waals surface area contributed by atoms with Crippen LogP contribution >= 0.6 is 0 Å². The third-order valence-corrected chi connectivity index (χ3v) is 6.34. The molecule has 1 saturated heterocycles. The maximum atomic E-state index is 12.8. The Balaban J connectivity index is 1.34. The third kappa shape index (κ3) is 3.87. The number of aryl methyl sites for hydroxylation is 1. The summed E-state index contributed by atoms with van der Waals surface area (Å²) < 4.78 is 0.